The Morgan fingerprint density at radius 1 is 1.33 bits per heavy atom. The molecule has 0 atom stereocenters. The topological polar surface area (TPSA) is 62.5 Å². The lowest BCUT2D eigenvalue weighted by molar-refractivity contribution is -0.131. The van der Waals surface area contributed by atoms with Gasteiger partial charge in [0.15, 0.2) is 0 Å². The van der Waals surface area contributed by atoms with E-state index >= 15 is 0 Å². The number of nitrogen functional groups attached to an aromatic ring is 1. The van der Waals surface area contributed by atoms with Gasteiger partial charge in [0, 0.05) is 25.8 Å². The van der Waals surface area contributed by atoms with E-state index in [-0.39, 0.29) is 5.91 Å². The molecule has 5 heteroatoms. The summed E-state index contributed by atoms with van der Waals surface area (Å²) in [5.41, 5.74) is 6.58. The van der Waals surface area contributed by atoms with E-state index < -0.39 is 0 Å². The van der Waals surface area contributed by atoms with Crippen LogP contribution in [0.3, 0.4) is 0 Å². The fourth-order valence-corrected chi connectivity index (χ4v) is 1.80. The van der Waals surface area contributed by atoms with Gasteiger partial charge in [0.05, 0.1) is 6.54 Å². The number of likely N-dealkylation sites (N-methyl/N-ethyl adjacent to an activating group) is 2. The molecule has 1 heterocycles. The molecule has 100 valence electrons. The van der Waals surface area contributed by atoms with E-state index in [0.29, 0.717) is 18.9 Å². The summed E-state index contributed by atoms with van der Waals surface area (Å²) < 4.78 is 0. The minimum Gasteiger partial charge on any atom is -0.384 e. The number of hydrogen-bond acceptors (Lipinski definition) is 4. The fraction of sp³-hybridized carbons (Fsp3) is 0.538. The molecule has 0 fully saturated rings. The number of aromatic nitrogens is 1. The summed E-state index contributed by atoms with van der Waals surface area (Å²) in [6, 6.07) is 3.70. The van der Waals surface area contributed by atoms with Crippen molar-refractivity contribution in [3.05, 3.63) is 23.9 Å². The Morgan fingerprint density at radius 2 is 2.00 bits per heavy atom. The number of nitrogens with two attached hydrogens (primary N) is 1. The Kier molecular flexibility index (Phi) is 5.58. The van der Waals surface area contributed by atoms with Crippen LogP contribution in [0.2, 0.25) is 0 Å². The van der Waals surface area contributed by atoms with Gasteiger partial charge in [-0.25, -0.2) is 4.98 Å². The lowest BCUT2D eigenvalue weighted by Gasteiger charge is -2.23. The van der Waals surface area contributed by atoms with E-state index in [1.165, 1.54) is 0 Å². The number of pyridine rings is 1. The van der Waals surface area contributed by atoms with Crippen LogP contribution in [0.15, 0.2) is 18.3 Å². The van der Waals surface area contributed by atoms with Crippen molar-refractivity contribution in [3.8, 4) is 0 Å². The average Bonchev–Trinajstić information content (AvgIpc) is 2.33. The van der Waals surface area contributed by atoms with E-state index in [4.69, 9.17) is 5.73 Å². The molecule has 0 aliphatic heterocycles. The van der Waals surface area contributed by atoms with E-state index in [1.807, 2.05) is 36.8 Å². The molecular weight excluding hydrogens is 228 g/mol. The van der Waals surface area contributed by atoms with Crippen LogP contribution in [0.25, 0.3) is 0 Å². The van der Waals surface area contributed by atoms with Crippen molar-refractivity contribution in [2.45, 2.75) is 20.4 Å². The molecule has 18 heavy (non-hydrogen) atoms. The van der Waals surface area contributed by atoms with Crippen molar-refractivity contribution in [3.63, 3.8) is 0 Å². The van der Waals surface area contributed by atoms with Gasteiger partial charge in [-0.05, 0) is 32.5 Å². The SMILES string of the molecule is CCN(CC)C(=O)CN(C)Cc1ccc(N)nc1. The molecule has 0 spiro atoms. The zero-order valence-electron chi connectivity index (χ0n) is 11.4. The number of carbonyl (C=O) groups is 1. The van der Waals surface area contributed by atoms with Crippen molar-refractivity contribution in [2.75, 3.05) is 32.4 Å². The molecule has 0 aliphatic rings. The number of hydrogen-bond donors (Lipinski definition) is 1. The van der Waals surface area contributed by atoms with Crippen LogP contribution in [-0.2, 0) is 11.3 Å². The molecule has 0 saturated heterocycles. The predicted octanol–water partition coefficient (Wildman–Crippen LogP) is 0.964. The minimum absolute atomic E-state index is 0.158. The van der Waals surface area contributed by atoms with Crippen molar-refractivity contribution in [2.24, 2.45) is 0 Å². The molecule has 5 nitrogen and oxygen atoms in total. The van der Waals surface area contributed by atoms with Crippen molar-refractivity contribution >= 4 is 11.7 Å². The third-order valence-electron chi connectivity index (χ3n) is 2.82. The standard InChI is InChI=1S/C13H22N4O/c1-4-17(5-2)13(18)10-16(3)9-11-6-7-12(14)15-8-11/h6-8H,4-5,9-10H2,1-3H3,(H2,14,15). The third kappa shape index (κ3) is 4.33. The van der Waals surface area contributed by atoms with Crippen molar-refractivity contribution in [1.82, 2.24) is 14.8 Å². The lowest BCUT2D eigenvalue weighted by Crippen LogP contribution is -2.38. The summed E-state index contributed by atoms with van der Waals surface area (Å²) in [6.07, 6.45) is 1.74. The quantitative estimate of drug-likeness (QED) is 0.817. The summed E-state index contributed by atoms with van der Waals surface area (Å²) in [4.78, 5) is 19.8. The molecule has 0 aliphatic carbocycles. The molecule has 1 rings (SSSR count). The monoisotopic (exact) mass is 250 g/mol. The number of rotatable bonds is 6. The highest BCUT2D eigenvalue weighted by Crippen LogP contribution is 2.04. The Balaban J connectivity index is 2.48. The maximum absolute atomic E-state index is 11.9. The lowest BCUT2D eigenvalue weighted by atomic mass is 10.2. The van der Waals surface area contributed by atoms with E-state index in [2.05, 4.69) is 4.98 Å². The molecule has 0 bridgehead atoms. The van der Waals surface area contributed by atoms with Gasteiger partial charge >= 0.3 is 0 Å². The maximum atomic E-state index is 11.9. The zero-order chi connectivity index (χ0) is 13.5. The molecule has 0 unspecified atom stereocenters. The number of anilines is 1. The van der Waals surface area contributed by atoms with Crippen LogP contribution in [0.1, 0.15) is 19.4 Å². The second-order valence-electron chi connectivity index (χ2n) is 4.33. The van der Waals surface area contributed by atoms with Gasteiger partial charge in [0.1, 0.15) is 5.82 Å². The Hall–Kier alpha value is -1.62. The predicted molar refractivity (Wildman–Crippen MR) is 72.9 cm³/mol. The highest BCUT2D eigenvalue weighted by atomic mass is 16.2. The van der Waals surface area contributed by atoms with Gasteiger partial charge in [-0.1, -0.05) is 6.07 Å². The number of nitrogens with zero attached hydrogens (tertiary/aromatic N) is 3. The largest absolute Gasteiger partial charge is 0.384 e. The third-order valence-corrected chi connectivity index (χ3v) is 2.82. The minimum atomic E-state index is 0.158. The number of amides is 1. The van der Waals surface area contributed by atoms with Crippen molar-refractivity contribution in [1.29, 1.82) is 0 Å². The summed E-state index contributed by atoms with van der Waals surface area (Å²) in [6.45, 7) is 6.61. The first kappa shape index (κ1) is 14.4. The zero-order valence-corrected chi connectivity index (χ0v) is 11.4. The molecule has 1 aromatic heterocycles. The van der Waals surface area contributed by atoms with Gasteiger partial charge in [0.2, 0.25) is 5.91 Å². The van der Waals surface area contributed by atoms with Gasteiger partial charge in [0.25, 0.3) is 0 Å². The molecule has 0 saturated carbocycles. The summed E-state index contributed by atoms with van der Waals surface area (Å²) in [5.74, 6) is 0.673. The molecule has 0 aromatic carbocycles. The molecule has 1 aromatic rings. The van der Waals surface area contributed by atoms with Gasteiger partial charge in [-0.3, -0.25) is 9.69 Å². The van der Waals surface area contributed by atoms with Crippen LogP contribution < -0.4 is 5.73 Å². The number of carbonyl (C=O) groups excluding carboxylic acids is 1. The summed E-state index contributed by atoms with van der Waals surface area (Å²) >= 11 is 0. The molecule has 0 radical (unpaired) electrons. The second kappa shape index (κ2) is 6.96. The van der Waals surface area contributed by atoms with Gasteiger partial charge in [-0.2, -0.15) is 0 Å². The Labute approximate surface area is 109 Å². The Bertz CT molecular complexity index is 373. The van der Waals surface area contributed by atoms with E-state index in [9.17, 15) is 4.79 Å². The van der Waals surface area contributed by atoms with Crippen LogP contribution in [0.4, 0.5) is 5.82 Å². The maximum Gasteiger partial charge on any atom is 0.236 e. The van der Waals surface area contributed by atoms with Crippen LogP contribution in [0.5, 0.6) is 0 Å². The van der Waals surface area contributed by atoms with Crippen LogP contribution >= 0.6 is 0 Å². The van der Waals surface area contributed by atoms with Crippen molar-refractivity contribution < 1.29 is 4.79 Å². The van der Waals surface area contributed by atoms with Crippen LogP contribution in [-0.4, -0.2) is 47.4 Å². The fourth-order valence-electron chi connectivity index (χ4n) is 1.80. The van der Waals surface area contributed by atoms with E-state index in [1.54, 1.807) is 12.3 Å². The smallest absolute Gasteiger partial charge is 0.236 e. The molecule has 1 amide bonds. The van der Waals surface area contributed by atoms with Gasteiger partial charge in [-0.15, -0.1) is 0 Å². The highest BCUT2D eigenvalue weighted by Gasteiger charge is 2.12. The first-order valence-electron chi connectivity index (χ1n) is 6.23. The first-order chi connectivity index (χ1) is 8.56. The van der Waals surface area contributed by atoms with E-state index in [0.717, 1.165) is 18.7 Å². The summed E-state index contributed by atoms with van der Waals surface area (Å²) in [7, 11) is 1.93. The second-order valence-corrected chi connectivity index (χ2v) is 4.33. The first-order valence-corrected chi connectivity index (χ1v) is 6.23. The van der Waals surface area contributed by atoms with Crippen LogP contribution in [0, 0.1) is 0 Å². The molecular formula is C13H22N4O. The molecule has 2 N–H and O–H groups in total. The normalized spacial score (nSPS) is 10.7. The Morgan fingerprint density at radius 3 is 2.50 bits per heavy atom. The highest BCUT2D eigenvalue weighted by molar-refractivity contribution is 5.78. The van der Waals surface area contributed by atoms with Gasteiger partial charge < -0.3 is 10.6 Å². The average molecular weight is 250 g/mol. The summed E-state index contributed by atoms with van der Waals surface area (Å²) in [5, 5.41) is 0.